The average Bonchev–Trinajstić information content (AvgIpc) is 4.07. The van der Waals surface area contributed by atoms with Gasteiger partial charge in [-0.3, -0.25) is 19.2 Å². The molecule has 6 aromatic rings. The minimum Gasteiger partial charge on any atom is -0.394 e. The number of H-pyrrole nitrogens is 2. The highest BCUT2D eigenvalue weighted by Crippen LogP contribution is 2.60. The van der Waals surface area contributed by atoms with Crippen molar-refractivity contribution in [2.45, 2.75) is 82.0 Å². The highest BCUT2D eigenvalue weighted by molar-refractivity contribution is 6.72. The van der Waals surface area contributed by atoms with E-state index in [0.717, 1.165) is 44.9 Å². The number of nitrogens with one attached hydrogen (secondary N) is 4. The molecule has 12 nitrogen and oxygen atoms in total. The third-order valence-corrected chi connectivity index (χ3v) is 15.6. The van der Waals surface area contributed by atoms with E-state index in [-0.39, 0.29) is 62.1 Å². The number of fused-ring (bicyclic) bond motifs is 4. The van der Waals surface area contributed by atoms with Gasteiger partial charge in [0.1, 0.15) is 0 Å². The Balaban J connectivity index is 1.02. The van der Waals surface area contributed by atoms with Gasteiger partial charge in [0.05, 0.1) is 50.2 Å². The maximum absolute atomic E-state index is 16.7. The number of hydrogen-bond donors (Lipinski definition) is 5. The van der Waals surface area contributed by atoms with Gasteiger partial charge in [-0.2, -0.15) is 0 Å². The summed E-state index contributed by atoms with van der Waals surface area (Å²) >= 11 is 0. The number of aliphatic hydroxyl groups excluding tert-OH is 1. The van der Waals surface area contributed by atoms with Crippen LogP contribution in [0.25, 0.3) is 21.8 Å². The van der Waals surface area contributed by atoms with Crippen molar-refractivity contribution < 1.29 is 33.1 Å². The Bertz CT molecular complexity index is 2710. The third-order valence-electron chi connectivity index (χ3n) is 13.1. The maximum Gasteiger partial charge on any atom is 0.264 e. The number of amides is 4. The van der Waals surface area contributed by atoms with Crippen LogP contribution in [0.5, 0.6) is 0 Å². The molecule has 0 unspecified atom stereocenters. The number of ether oxygens (including phenoxy) is 1. The first-order valence-corrected chi connectivity index (χ1v) is 24.3. The number of carbonyl (C=O) groups is 4. The number of benzene rings is 4. The van der Waals surface area contributed by atoms with Crippen LogP contribution in [0.2, 0.25) is 18.6 Å². The minimum absolute atomic E-state index is 0.109. The van der Waals surface area contributed by atoms with E-state index in [4.69, 9.17) is 4.74 Å². The molecule has 5 N–H and O–H groups in total. The number of carbonyl (C=O) groups excluding carboxylic acids is 4. The van der Waals surface area contributed by atoms with Gasteiger partial charge >= 0.3 is 0 Å². The lowest BCUT2D eigenvalue weighted by Crippen LogP contribution is -2.45. The Morgan fingerprint density at radius 2 is 1.50 bits per heavy atom. The van der Waals surface area contributed by atoms with Crippen molar-refractivity contribution in [2.24, 2.45) is 5.92 Å². The van der Waals surface area contributed by atoms with Gasteiger partial charge in [0.2, 0.25) is 26.1 Å². The number of rotatable bonds is 12. The molecule has 14 heteroatoms. The number of aromatic amines is 2. The fourth-order valence-electron chi connectivity index (χ4n) is 10.4. The molecule has 2 saturated heterocycles. The molecule has 2 aromatic heterocycles. The predicted molar refractivity (Wildman–Crippen MR) is 240 cm³/mol. The fourth-order valence-corrected chi connectivity index (χ4v) is 12.9. The van der Waals surface area contributed by atoms with Gasteiger partial charge in [0.15, 0.2) is 5.60 Å². The molecular weight excluding hydrogens is 804 g/mol. The van der Waals surface area contributed by atoms with E-state index in [1.807, 2.05) is 86.0 Å². The Kier molecular flexibility index (Phi) is 10.9. The molecule has 0 aliphatic carbocycles. The van der Waals surface area contributed by atoms with Crippen LogP contribution in [0, 0.1) is 5.92 Å². The predicted octanol–water partition coefficient (Wildman–Crippen LogP) is 7.71. The van der Waals surface area contributed by atoms with Crippen LogP contribution >= 0.6 is 0 Å². The van der Waals surface area contributed by atoms with Crippen LogP contribution in [0.1, 0.15) is 48.4 Å². The number of nitrogens with zero attached hydrogens (tertiary/aromatic N) is 2. The van der Waals surface area contributed by atoms with Gasteiger partial charge in [0.25, 0.3) is 5.91 Å². The minimum atomic E-state index is -3.61. The molecule has 5 atom stereocenters. The molecular formula is C48H51FN6O6Si. The Morgan fingerprint density at radius 1 is 0.871 bits per heavy atom. The summed E-state index contributed by atoms with van der Waals surface area (Å²) in [7, 11) is -3.61. The Hall–Kier alpha value is -6.09. The van der Waals surface area contributed by atoms with E-state index in [0.29, 0.717) is 35.6 Å². The number of hydrogen-bond acceptors (Lipinski definition) is 6. The number of aromatic nitrogens is 2. The quantitative estimate of drug-likeness (QED) is 0.0627. The topological polar surface area (TPSA) is 160 Å². The van der Waals surface area contributed by atoms with Gasteiger partial charge in [-0.05, 0) is 85.1 Å². The van der Waals surface area contributed by atoms with E-state index in [2.05, 4.69) is 20.6 Å². The average molecular weight is 855 g/mol. The summed E-state index contributed by atoms with van der Waals surface area (Å²) in [4.78, 5) is 65.8. The maximum atomic E-state index is 16.7. The van der Waals surface area contributed by atoms with E-state index in [1.54, 1.807) is 47.2 Å². The number of likely N-dealkylation sites (tertiary alicyclic amines) is 1. The highest BCUT2D eigenvalue weighted by atomic mass is 28.4. The monoisotopic (exact) mass is 854 g/mol. The molecule has 5 heterocycles. The summed E-state index contributed by atoms with van der Waals surface area (Å²) in [6.45, 7) is 5.48. The van der Waals surface area contributed by atoms with Crippen molar-refractivity contribution in [1.82, 2.24) is 14.9 Å². The van der Waals surface area contributed by atoms with Crippen molar-refractivity contribution >= 4 is 70.9 Å². The first kappa shape index (κ1) is 41.3. The van der Waals surface area contributed by atoms with Crippen LogP contribution < -0.4 is 15.5 Å². The van der Waals surface area contributed by atoms with Crippen molar-refractivity contribution in [3.63, 3.8) is 0 Å². The van der Waals surface area contributed by atoms with Gasteiger partial charge in [-0.1, -0.05) is 55.5 Å². The summed E-state index contributed by atoms with van der Waals surface area (Å²) in [6, 6.07) is 27.9. The van der Waals surface area contributed by atoms with Crippen LogP contribution in [-0.2, 0) is 48.9 Å². The number of aliphatic hydroxyl groups is 1. The van der Waals surface area contributed by atoms with Crippen molar-refractivity contribution in [3.8, 4) is 0 Å². The van der Waals surface area contributed by atoms with Gasteiger partial charge in [-0.25, -0.2) is 0 Å². The molecule has 0 saturated carbocycles. The lowest BCUT2D eigenvalue weighted by molar-refractivity contribution is -0.150. The van der Waals surface area contributed by atoms with Crippen LogP contribution in [0.4, 0.5) is 21.2 Å². The molecule has 0 radical (unpaired) electrons. The summed E-state index contributed by atoms with van der Waals surface area (Å²) in [5, 5.41) is 18.0. The molecule has 9 rings (SSSR count). The van der Waals surface area contributed by atoms with Crippen molar-refractivity contribution in [3.05, 3.63) is 126 Å². The third kappa shape index (κ3) is 7.49. The Labute approximate surface area is 360 Å². The number of anilines is 3. The van der Waals surface area contributed by atoms with Crippen molar-refractivity contribution in [2.75, 3.05) is 28.7 Å². The smallest absolute Gasteiger partial charge is 0.264 e. The number of halogens is 1. The standard InChI is InChI=1S/C48H51FN6O6Si/c1-29-46(62(2,3)49)42(24-45(59)54-19-9-12-35(54)28-56)61-48(29)38-23-34(53-44(58)22-32-26-51-40-16-7-5-14-37(32)40)17-18-41(38)55(47(48)60)27-30-10-8-11-33(20-30)52-43(57)21-31-25-50-39-15-6-4-13-36(31)39/h4-8,10-11,13-18,20,23,25-26,29,35,42,46,50-51,56H,9,12,19,21-22,24,27-28H2,1-3H3,(H,52,57)(H,53,58)/t29-,35+,42+,46-,48+/m1/s1. The van der Waals surface area contributed by atoms with E-state index in [9.17, 15) is 19.5 Å². The summed E-state index contributed by atoms with van der Waals surface area (Å²) in [6.07, 6.45) is 4.36. The summed E-state index contributed by atoms with van der Waals surface area (Å²) in [5.74, 6) is -1.74. The van der Waals surface area contributed by atoms with E-state index >= 15 is 8.90 Å². The molecule has 1 spiro atoms. The van der Waals surface area contributed by atoms with Gasteiger partial charge in [0, 0.05) is 69.1 Å². The van der Waals surface area contributed by atoms with Crippen LogP contribution in [-0.4, -0.2) is 77.3 Å². The lowest BCUT2D eigenvalue weighted by Gasteiger charge is -2.31. The number of para-hydroxylation sites is 2. The second-order valence-corrected chi connectivity index (χ2v) is 21.3. The normalized spacial score (nSPS) is 22.2. The molecule has 3 aliphatic heterocycles. The SMILES string of the molecule is C[C@@H]1[C@@H]([Si](C)(C)F)[C@H](CC(=O)N2CCC[C@H]2CO)O[C@@]12C(=O)N(Cc1cccc(NC(=O)Cc3c[nH]c4ccccc34)c1)c1ccc(NC(=O)Cc3c[nH]c4ccccc34)cc12. The lowest BCUT2D eigenvalue weighted by atomic mass is 9.82. The van der Waals surface area contributed by atoms with E-state index < -0.39 is 31.6 Å². The van der Waals surface area contributed by atoms with Crippen LogP contribution in [0.3, 0.4) is 0 Å². The first-order valence-electron chi connectivity index (χ1n) is 21.4. The van der Waals surface area contributed by atoms with Gasteiger partial charge in [-0.15, -0.1) is 0 Å². The highest BCUT2D eigenvalue weighted by Gasteiger charge is 2.67. The molecule has 3 aliphatic rings. The van der Waals surface area contributed by atoms with Gasteiger partial charge < -0.3 is 44.4 Å². The largest absolute Gasteiger partial charge is 0.394 e. The second-order valence-electron chi connectivity index (χ2n) is 17.5. The molecule has 0 bridgehead atoms. The second kappa shape index (κ2) is 16.3. The van der Waals surface area contributed by atoms with E-state index in [1.165, 1.54) is 0 Å². The summed E-state index contributed by atoms with van der Waals surface area (Å²) in [5.41, 5.74) is 4.02. The first-order chi connectivity index (χ1) is 29.8. The summed E-state index contributed by atoms with van der Waals surface area (Å²) < 4.78 is 23.6. The molecule has 4 amide bonds. The van der Waals surface area contributed by atoms with Crippen LogP contribution in [0.15, 0.2) is 103 Å². The molecule has 320 valence electrons. The zero-order valence-electron chi connectivity index (χ0n) is 35.0. The van der Waals surface area contributed by atoms with Crippen molar-refractivity contribution in [1.29, 1.82) is 0 Å². The molecule has 2 fully saturated rings. The molecule has 4 aromatic carbocycles. The molecule has 62 heavy (non-hydrogen) atoms. The zero-order chi connectivity index (χ0) is 43.3. The Morgan fingerprint density at radius 3 is 2.13 bits per heavy atom. The zero-order valence-corrected chi connectivity index (χ0v) is 36.0. The fraction of sp³-hybridized carbons (Fsp3) is 0.333.